The van der Waals surface area contributed by atoms with Crippen molar-refractivity contribution < 1.29 is 13.6 Å². The molecule has 1 amide bonds. The number of nitrogen functional groups attached to an aromatic ring is 2. The molecule has 1 fully saturated rings. The Bertz CT molecular complexity index is 869. The van der Waals surface area contributed by atoms with E-state index in [1.165, 1.54) is 4.31 Å². The molecule has 1 unspecified atom stereocenters. The van der Waals surface area contributed by atoms with Gasteiger partial charge in [-0.15, -0.1) is 0 Å². The van der Waals surface area contributed by atoms with Crippen LogP contribution in [0, 0.1) is 5.92 Å². The number of nitrogens with two attached hydrogens (primary N) is 2. The van der Waals surface area contributed by atoms with Gasteiger partial charge in [0.05, 0.1) is 23.1 Å². The summed E-state index contributed by atoms with van der Waals surface area (Å²) < 4.78 is 25.1. The highest BCUT2D eigenvalue weighted by Crippen LogP contribution is 2.33. The summed E-state index contributed by atoms with van der Waals surface area (Å²) in [7, 11) is 0. The van der Waals surface area contributed by atoms with Crippen LogP contribution in [0.5, 0.6) is 0 Å². The van der Waals surface area contributed by atoms with Crippen LogP contribution in [-0.2, 0) is 16.1 Å². The number of anilines is 3. The van der Waals surface area contributed by atoms with Crippen LogP contribution in [0.3, 0.4) is 0 Å². The van der Waals surface area contributed by atoms with Crippen LogP contribution in [-0.4, -0.2) is 20.7 Å². The first-order valence-electron chi connectivity index (χ1n) is 9.75. The van der Waals surface area contributed by atoms with Crippen molar-refractivity contribution in [3.63, 3.8) is 0 Å². The first-order chi connectivity index (χ1) is 13.9. The molecule has 1 aliphatic carbocycles. The number of rotatable bonds is 6. The lowest BCUT2D eigenvalue weighted by Gasteiger charge is -2.38. The maximum Gasteiger partial charge on any atom is 0.223 e. The largest absolute Gasteiger partial charge is 0.755 e. The maximum absolute atomic E-state index is 12.7. The second-order valence-corrected chi connectivity index (χ2v) is 8.33. The van der Waals surface area contributed by atoms with Crippen molar-refractivity contribution in [2.75, 3.05) is 15.8 Å². The predicted octanol–water partition coefficient (Wildman–Crippen LogP) is 2.89. The minimum absolute atomic E-state index is 0.0197. The van der Waals surface area contributed by atoms with Gasteiger partial charge >= 0.3 is 0 Å². The molecular formula is C21H27N4O3S-. The zero-order chi connectivity index (χ0) is 21.0. The molecule has 2 atom stereocenters. The molecule has 0 spiro atoms. The van der Waals surface area contributed by atoms with Gasteiger partial charge < -0.3 is 21.3 Å². The van der Waals surface area contributed by atoms with E-state index in [0.29, 0.717) is 42.7 Å². The Morgan fingerprint density at radius 2 is 1.76 bits per heavy atom. The Labute approximate surface area is 173 Å². The van der Waals surface area contributed by atoms with E-state index in [-0.39, 0.29) is 23.9 Å². The summed E-state index contributed by atoms with van der Waals surface area (Å²) in [4.78, 5) is 12.7. The van der Waals surface area contributed by atoms with Gasteiger partial charge in [0.1, 0.15) is 0 Å². The summed E-state index contributed by atoms with van der Waals surface area (Å²) >= 11 is -2.44. The van der Waals surface area contributed by atoms with Crippen molar-refractivity contribution in [2.45, 2.75) is 44.7 Å². The van der Waals surface area contributed by atoms with Crippen LogP contribution >= 0.6 is 0 Å². The van der Waals surface area contributed by atoms with Crippen molar-refractivity contribution >= 4 is 34.2 Å². The monoisotopic (exact) mass is 415 g/mol. The second kappa shape index (κ2) is 9.28. The van der Waals surface area contributed by atoms with Gasteiger partial charge in [-0.1, -0.05) is 30.3 Å². The molecule has 156 valence electrons. The molecule has 1 saturated carbocycles. The number of nitrogens with zero attached hydrogens (tertiary/aromatic N) is 1. The summed E-state index contributed by atoms with van der Waals surface area (Å²) in [6.07, 6.45) is 2.48. The highest BCUT2D eigenvalue weighted by molar-refractivity contribution is 7.80. The van der Waals surface area contributed by atoms with Gasteiger partial charge in [-0.3, -0.25) is 13.3 Å². The van der Waals surface area contributed by atoms with Crippen molar-refractivity contribution in [3.05, 3.63) is 54.1 Å². The Balaban J connectivity index is 1.61. The molecule has 0 bridgehead atoms. The molecule has 7 nitrogen and oxygen atoms in total. The number of nitrogens with one attached hydrogen (secondary N) is 1. The topological polar surface area (TPSA) is 125 Å². The van der Waals surface area contributed by atoms with Gasteiger partial charge in [0, 0.05) is 23.2 Å². The Hall–Kier alpha value is -2.58. The SMILES string of the molecule is C[C@@H](NC(=O)C1CCC(N(c2ccc(N)c(N)c2)S(=O)[O-])CC1)c1ccccc1. The Morgan fingerprint density at radius 3 is 2.34 bits per heavy atom. The van der Waals surface area contributed by atoms with Crippen LogP contribution in [0.2, 0.25) is 0 Å². The van der Waals surface area contributed by atoms with Crippen LogP contribution in [0.25, 0.3) is 0 Å². The lowest BCUT2D eigenvalue weighted by atomic mass is 9.85. The molecule has 0 aliphatic heterocycles. The van der Waals surface area contributed by atoms with Crippen molar-refractivity contribution in [1.82, 2.24) is 5.32 Å². The van der Waals surface area contributed by atoms with Gasteiger partial charge in [0.25, 0.3) is 0 Å². The molecule has 0 heterocycles. The zero-order valence-electron chi connectivity index (χ0n) is 16.4. The Morgan fingerprint density at radius 1 is 1.10 bits per heavy atom. The summed E-state index contributed by atoms with van der Waals surface area (Å²) in [5.41, 5.74) is 13.9. The molecule has 1 aliphatic rings. The van der Waals surface area contributed by atoms with Gasteiger partial charge in [0.2, 0.25) is 5.91 Å². The molecule has 0 aromatic heterocycles. The first kappa shape index (κ1) is 21.1. The number of amides is 1. The van der Waals surface area contributed by atoms with Crippen molar-refractivity contribution in [3.8, 4) is 0 Å². The molecule has 29 heavy (non-hydrogen) atoms. The highest BCUT2D eigenvalue weighted by Gasteiger charge is 2.31. The van der Waals surface area contributed by atoms with E-state index in [1.807, 2.05) is 37.3 Å². The van der Waals surface area contributed by atoms with E-state index in [2.05, 4.69) is 5.32 Å². The van der Waals surface area contributed by atoms with E-state index in [0.717, 1.165) is 5.56 Å². The number of benzene rings is 2. The van der Waals surface area contributed by atoms with Crippen LogP contribution in [0.1, 0.15) is 44.2 Å². The van der Waals surface area contributed by atoms with Gasteiger partial charge in [-0.2, -0.15) is 0 Å². The van der Waals surface area contributed by atoms with Crippen LogP contribution in [0.4, 0.5) is 17.1 Å². The van der Waals surface area contributed by atoms with Gasteiger partial charge in [-0.05, 0) is 56.4 Å². The zero-order valence-corrected chi connectivity index (χ0v) is 17.2. The molecule has 0 radical (unpaired) electrons. The fourth-order valence-corrected chi connectivity index (χ4v) is 4.59. The number of hydrogen-bond acceptors (Lipinski definition) is 5. The smallest absolute Gasteiger partial charge is 0.223 e. The summed E-state index contributed by atoms with van der Waals surface area (Å²) in [6.45, 7) is 1.96. The number of carbonyl (C=O) groups is 1. The normalized spacial score (nSPS) is 21.2. The molecule has 2 aromatic rings. The third-order valence-electron chi connectivity index (χ3n) is 5.54. The van der Waals surface area contributed by atoms with E-state index in [4.69, 9.17) is 11.5 Å². The first-order valence-corrected chi connectivity index (χ1v) is 10.8. The predicted molar refractivity (Wildman–Crippen MR) is 115 cm³/mol. The third-order valence-corrected chi connectivity index (χ3v) is 6.37. The lowest BCUT2D eigenvalue weighted by Crippen LogP contribution is -2.42. The molecule has 8 heteroatoms. The van der Waals surface area contributed by atoms with E-state index >= 15 is 0 Å². The van der Waals surface area contributed by atoms with E-state index in [9.17, 15) is 13.6 Å². The molecular weight excluding hydrogens is 388 g/mol. The van der Waals surface area contributed by atoms with Gasteiger partial charge in [-0.25, -0.2) is 0 Å². The molecule has 3 rings (SSSR count). The maximum atomic E-state index is 12.7. The Kier molecular flexibility index (Phi) is 6.76. The fraction of sp³-hybridized carbons (Fsp3) is 0.381. The van der Waals surface area contributed by atoms with Crippen LogP contribution in [0.15, 0.2) is 48.5 Å². The quantitative estimate of drug-likeness (QED) is 0.494. The average Bonchev–Trinajstić information content (AvgIpc) is 2.71. The molecule has 0 saturated heterocycles. The molecule has 5 N–H and O–H groups in total. The standard InChI is InChI=1S/C21H28N4O3S/c1-14(15-5-3-2-4-6-15)24-21(26)16-7-9-17(10-8-16)25(29(27)28)18-11-12-19(22)20(23)13-18/h2-6,11-14,16-17H,7-10,22-23H2,1H3,(H,24,26)(H,27,28)/p-1/t14-,16?,17?/m1/s1. The minimum atomic E-state index is -2.44. The third kappa shape index (κ3) is 5.07. The number of carbonyl (C=O) groups excluding carboxylic acids is 1. The van der Waals surface area contributed by atoms with Crippen molar-refractivity contribution in [2.24, 2.45) is 5.92 Å². The average molecular weight is 416 g/mol. The van der Waals surface area contributed by atoms with E-state index in [1.54, 1.807) is 18.2 Å². The highest BCUT2D eigenvalue weighted by atomic mass is 32.2. The van der Waals surface area contributed by atoms with Crippen molar-refractivity contribution in [1.29, 1.82) is 0 Å². The summed E-state index contributed by atoms with van der Waals surface area (Å²) in [6, 6.07) is 14.4. The lowest BCUT2D eigenvalue weighted by molar-refractivity contribution is -0.126. The minimum Gasteiger partial charge on any atom is -0.755 e. The second-order valence-electron chi connectivity index (χ2n) is 7.50. The molecule has 2 aromatic carbocycles. The summed E-state index contributed by atoms with van der Waals surface area (Å²) in [5.74, 6) is -0.0952. The van der Waals surface area contributed by atoms with E-state index < -0.39 is 11.3 Å². The fourth-order valence-electron chi connectivity index (χ4n) is 3.85. The summed E-state index contributed by atoms with van der Waals surface area (Å²) in [5, 5.41) is 3.07. The number of hydrogen-bond donors (Lipinski definition) is 3. The van der Waals surface area contributed by atoms with Gasteiger partial charge in [0.15, 0.2) is 0 Å². The van der Waals surface area contributed by atoms with Crippen LogP contribution < -0.4 is 21.1 Å².